The van der Waals surface area contributed by atoms with Gasteiger partial charge in [0.1, 0.15) is 17.0 Å². The molecule has 196 valence electrons. The number of pyridine rings is 2. The number of carboxylic acids is 1. The normalized spacial score (nSPS) is 11.8. The second kappa shape index (κ2) is 12.3. The van der Waals surface area contributed by atoms with Crippen molar-refractivity contribution in [2.75, 3.05) is 6.54 Å². The number of carbonyl (C=O) groups excluding carboxylic acids is 1. The minimum atomic E-state index is -3.89. The number of amides is 1. The van der Waals surface area contributed by atoms with E-state index in [4.69, 9.17) is 9.84 Å². The van der Waals surface area contributed by atoms with Crippen LogP contribution in [-0.4, -0.2) is 52.0 Å². The molecule has 0 aliphatic heterocycles. The maximum atomic E-state index is 13.5. The van der Waals surface area contributed by atoms with Crippen LogP contribution in [0.3, 0.4) is 0 Å². The lowest BCUT2D eigenvalue weighted by Gasteiger charge is -2.25. The Hall–Kier alpha value is -3.35. The summed E-state index contributed by atoms with van der Waals surface area (Å²) >= 11 is 3.39. The van der Waals surface area contributed by atoms with E-state index in [1.165, 1.54) is 22.8 Å². The van der Waals surface area contributed by atoms with Gasteiger partial charge in [-0.1, -0.05) is 34.1 Å². The van der Waals surface area contributed by atoms with Crippen molar-refractivity contribution in [2.24, 2.45) is 0 Å². The average Bonchev–Trinajstić information content (AvgIpc) is 2.84. The fourth-order valence-electron chi connectivity index (χ4n) is 3.47. The average molecular weight is 591 g/mol. The summed E-state index contributed by atoms with van der Waals surface area (Å²) < 4.78 is 34.6. The number of alkyl carbamates (subject to hydrolysis) is 1. The number of carbonyl (C=O) groups is 2. The van der Waals surface area contributed by atoms with E-state index < -0.39 is 34.2 Å². The number of aliphatic carboxylic acids is 1. The van der Waals surface area contributed by atoms with Crippen LogP contribution >= 0.6 is 15.9 Å². The molecule has 0 saturated carbocycles. The number of nitrogens with zero attached hydrogens (tertiary/aromatic N) is 3. The Morgan fingerprint density at radius 1 is 1.05 bits per heavy atom. The number of benzene rings is 1. The lowest BCUT2D eigenvalue weighted by molar-refractivity contribution is -0.136. The van der Waals surface area contributed by atoms with Crippen LogP contribution in [0, 0.1) is 0 Å². The van der Waals surface area contributed by atoms with Gasteiger partial charge in [0.2, 0.25) is 10.0 Å². The second-order valence-corrected chi connectivity index (χ2v) is 11.6. The van der Waals surface area contributed by atoms with E-state index in [1.807, 2.05) is 24.3 Å². The van der Waals surface area contributed by atoms with E-state index in [0.29, 0.717) is 11.4 Å². The molecule has 0 radical (unpaired) electrons. The molecule has 0 atom stereocenters. The van der Waals surface area contributed by atoms with Crippen LogP contribution < -0.4 is 5.32 Å². The maximum absolute atomic E-state index is 13.5. The van der Waals surface area contributed by atoms with Crippen LogP contribution in [0.1, 0.15) is 30.8 Å². The molecule has 0 bridgehead atoms. The fourth-order valence-corrected chi connectivity index (χ4v) is 5.10. The summed E-state index contributed by atoms with van der Waals surface area (Å²) in [5, 5.41) is 10.9. The number of sulfonamides is 1. The Morgan fingerprint density at radius 3 is 2.41 bits per heavy atom. The standard InChI is InChI=1S/C25H27BrN4O6S/c1-25(2,36-24(33)28-15-23(31)32)13-20-5-3-6-21(29-20)17-30(16-18-8-10-19(26)11-9-18)37(34,35)22-7-4-12-27-14-22/h3-12,14H,13,15-17H2,1-2H3,(H,28,33)(H,31,32). The van der Waals surface area contributed by atoms with Crippen LogP contribution in [0.15, 0.2) is 76.4 Å². The zero-order chi connectivity index (χ0) is 27.1. The number of carboxylic acid groups (broad SMARTS) is 1. The first-order valence-corrected chi connectivity index (χ1v) is 13.5. The van der Waals surface area contributed by atoms with E-state index in [0.717, 1.165) is 10.0 Å². The van der Waals surface area contributed by atoms with E-state index in [-0.39, 0.29) is 24.4 Å². The quantitative estimate of drug-likeness (QED) is 0.344. The zero-order valence-corrected chi connectivity index (χ0v) is 22.7. The summed E-state index contributed by atoms with van der Waals surface area (Å²) in [6.07, 6.45) is 2.19. The number of hydrogen-bond donors (Lipinski definition) is 2. The topological polar surface area (TPSA) is 139 Å². The molecule has 10 nitrogen and oxygen atoms in total. The highest BCUT2D eigenvalue weighted by molar-refractivity contribution is 9.10. The zero-order valence-electron chi connectivity index (χ0n) is 20.3. The SMILES string of the molecule is CC(C)(Cc1cccc(CN(Cc2ccc(Br)cc2)S(=O)(=O)c2cccnc2)n1)OC(=O)NCC(=O)O. The van der Waals surface area contributed by atoms with E-state index in [1.54, 1.807) is 38.1 Å². The lowest BCUT2D eigenvalue weighted by Crippen LogP contribution is -2.38. The largest absolute Gasteiger partial charge is 0.480 e. The van der Waals surface area contributed by atoms with Gasteiger partial charge in [0, 0.05) is 35.5 Å². The summed E-state index contributed by atoms with van der Waals surface area (Å²) in [4.78, 5) is 31.2. The maximum Gasteiger partial charge on any atom is 0.408 e. The molecular weight excluding hydrogens is 564 g/mol. The molecule has 0 aliphatic carbocycles. The van der Waals surface area contributed by atoms with Gasteiger partial charge in [-0.05, 0) is 55.8 Å². The number of ether oxygens (including phenoxy) is 1. The molecule has 1 amide bonds. The third-order valence-electron chi connectivity index (χ3n) is 5.11. The molecule has 0 aliphatic rings. The number of nitrogens with one attached hydrogen (secondary N) is 1. The van der Waals surface area contributed by atoms with Crippen LogP contribution in [0.2, 0.25) is 0 Å². The minimum Gasteiger partial charge on any atom is -0.480 e. The van der Waals surface area contributed by atoms with E-state index >= 15 is 0 Å². The Kier molecular flexibility index (Phi) is 9.35. The molecule has 3 aromatic rings. The van der Waals surface area contributed by atoms with E-state index in [9.17, 15) is 18.0 Å². The monoisotopic (exact) mass is 590 g/mol. The van der Waals surface area contributed by atoms with Crippen molar-refractivity contribution in [3.05, 3.63) is 88.4 Å². The Labute approximate surface area is 223 Å². The molecule has 0 unspecified atom stereocenters. The summed E-state index contributed by atoms with van der Waals surface area (Å²) in [7, 11) is -3.89. The number of rotatable bonds is 11. The number of halogens is 1. The minimum absolute atomic E-state index is 0.00150. The summed E-state index contributed by atoms with van der Waals surface area (Å²) in [6.45, 7) is 2.92. The first-order valence-electron chi connectivity index (χ1n) is 11.2. The number of hydrogen-bond acceptors (Lipinski definition) is 7. The summed E-state index contributed by atoms with van der Waals surface area (Å²) in [5.74, 6) is -1.18. The molecular formula is C25H27BrN4O6S. The van der Waals surface area contributed by atoms with Gasteiger partial charge in [0.05, 0.1) is 12.2 Å². The third-order valence-corrected chi connectivity index (χ3v) is 7.41. The van der Waals surface area contributed by atoms with Crippen molar-refractivity contribution in [3.63, 3.8) is 0 Å². The lowest BCUT2D eigenvalue weighted by atomic mass is 10.0. The van der Waals surface area contributed by atoms with Gasteiger partial charge in [-0.15, -0.1) is 0 Å². The molecule has 2 aromatic heterocycles. The number of aromatic nitrogens is 2. The molecule has 12 heteroatoms. The van der Waals surface area contributed by atoms with Crippen LogP contribution in [0.4, 0.5) is 4.79 Å². The van der Waals surface area contributed by atoms with Crippen molar-refractivity contribution >= 4 is 38.0 Å². The van der Waals surface area contributed by atoms with Crippen molar-refractivity contribution in [1.82, 2.24) is 19.6 Å². The molecule has 37 heavy (non-hydrogen) atoms. The molecule has 0 fully saturated rings. The Bertz CT molecular complexity index is 1330. The predicted octanol–water partition coefficient (Wildman–Crippen LogP) is 3.76. The van der Waals surface area contributed by atoms with E-state index in [2.05, 4.69) is 31.2 Å². The first-order chi connectivity index (χ1) is 17.4. The second-order valence-electron chi connectivity index (χ2n) is 8.78. The Balaban J connectivity index is 1.81. The van der Waals surface area contributed by atoms with Gasteiger partial charge < -0.3 is 15.2 Å². The fraction of sp³-hybridized carbons (Fsp3) is 0.280. The van der Waals surface area contributed by atoms with Gasteiger partial charge >= 0.3 is 12.1 Å². The van der Waals surface area contributed by atoms with Crippen molar-refractivity contribution in [2.45, 2.75) is 43.9 Å². The molecule has 0 spiro atoms. The van der Waals surface area contributed by atoms with Gasteiger partial charge in [0.15, 0.2) is 0 Å². The molecule has 0 saturated heterocycles. The van der Waals surface area contributed by atoms with Crippen molar-refractivity contribution in [1.29, 1.82) is 0 Å². The highest BCUT2D eigenvalue weighted by atomic mass is 79.9. The van der Waals surface area contributed by atoms with Gasteiger partial charge in [-0.3, -0.25) is 14.8 Å². The molecule has 2 heterocycles. The first kappa shape index (κ1) is 28.2. The van der Waals surface area contributed by atoms with Gasteiger partial charge in [-0.25, -0.2) is 13.2 Å². The van der Waals surface area contributed by atoms with Crippen molar-refractivity contribution < 1.29 is 27.9 Å². The van der Waals surface area contributed by atoms with Crippen LogP contribution in [0.5, 0.6) is 0 Å². The van der Waals surface area contributed by atoms with Crippen LogP contribution in [0.25, 0.3) is 0 Å². The van der Waals surface area contributed by atoms with Crippen LogP contribution in [-0.2, 0) is 39.1 Å². The highest BCUT2D eigenvalue weighted by Crippen LogP contribution is 2.22. The highest BCUT2D eigenvalue weighted by Gasteiger charge is 2.27. The summed E-state index contributed by atoms with van der Waals surface area (Å²) in [5.41, 5.74) is 0.894. The molecule has 2 N–H and O–H groups in total. The van der Waals surface area contributed by atoms with Gasteiger partial charge in [0.25, 0.3) is 0 Å². The third kappa shape index (κ3) is 8.62. The van der Waals surface area contributed by atoms with Crippen molar-refractivity contribution in [3.8, 4) is 0 Å². The molecule has 3 rings (SSSR count). The van der Waals surface area contributed by atoms with Gasteiger partial charge in [-0.2, -0.15) is 4.31 Å². The molecule has 1 aromatic carbocycles. The summed E-state index contributed by atoms with van der Waals surface area (Å²) in [6, 6.07) is 15.7. The smallest absolute Gasteiger partial charge is 0.408 e. The predicted molar refractivity (Wildman–Crippen MR) is 139 cm³/mol. The Morgan fingerprint density at radius 2 is 1.76 bits per heavy atom.